The lowest BCUT2D eigenvalue weighted by Crippen LogP contribution is -2.40. The first-order chi connectivity index (χ1) is 11.1. The van der Waals surface area contributed by atoms with Gasteiger partial charge in [-0.2, -0.15) is 0 Å². The number of benzene rings is 1. The van der Waals surface area contributed by atoms with E-state index in [1.54, 1.807) is 0 Å². The largest absolute Gasteiger partial charge is 0.356 e. The smallest absolute Gasteiger partial charge is 0.312 e. The van der Waals surface area contributed by atoms with Gasteiger partial charge in [-0.25, -0.2) is 4.79 Å². The van der Waals surface area contributed by atoms with Gasteiger partial charge < -0.3 is 21.7 Å². The van der Waals surface area contributed by atoms with Crippen LogP contribution in [0.4, 0.5) is 4.79 Å². The van der Waals surface area contributed by atoms with Crippen LogP contribution in [0.1, 0.15) is 36.4 Å². The van der Waals surface area contributed by atoms with Crippen LogP contribution in [0.5, 0.6) is 0 Å². The Morgan fingerprint density at radius 2 is 2.17 bits per heavy atom. The second kappa shape index (κ2) is 8.53. The third kappa shape index (κ3) is 5.56. The zero-order valence-corrected chi connectivity index (χ0v) is 13.6. The maximum atomic E-state index is 12.2. The minimum atomic E-state index is -0.623. The van der Waals surface area contributed by atoms with E-state index in [9.17, 15) is 9.59 Å². The van der Waals surface area contributed by atoms with Crippen molar-refractivity contribution in [3.05, 3.63) is 35.4 Å². The Morgan fingerprint density at radius 3 is 2.83 bits per heavy atom. The molecule has 1 aliphatic heterocycles. The maximum Gasteiger partial charge on any atom is 0.312 e. The molecule has 2 unspecified atom stereocenters. The molecule has 1 heterocycles. The van der Waals surface area contributed by atoms with Crippen LogP contribution < -0.4 is 21.7 Å². The molecule has 2 rings (SSSR count). The van der Waals surface area contributed by atoms with Crippen LogP contribution in [-0.2, 0) is 4.79 Å². The summed E-state index contributed by atoms with van der Waals surface area (Å²) >= 11 is 0. The third-order valence-electron chi connectivity index (χ3n) is 4.26. The summed E-state index contributed by atoms with van der Waals surface area (Å²) in [6.45, 7) is 4.63. The molecule has 0 aliphatic carbocycles. The van der Waals surface area contributed by atoms with Crippen LogP contribution in [0.15, 0.2) is 24.3 Å². The number of carbonyl (C=O) groups excluding carboxylic acids is 2. The summed E-state index contributed by atoms with van der Waals surface area (Å²) in [4.78, 5) is 23.5. The van der Waals surface area contributed by atoms with E-state index in [1.165, 1.54) is 0 Å². The van der Waals surface area contributed by atoms with Crippen molar-refractivity contribution in [1.29, 1.82) is 0 Å². The fourth-order valence-corrected chi connectivity index (χ4v) is 3.00. The molecule has 6 heteroatoms. The highest BCUT2D eigenvalue weighted by molar-refractivity contribution is 5.78. The van der Waals surface area contributed by atoms with E-state index in [4.69, 9.17) is 5.73 Å². The van der Waals surface area contributed by atoms with Crippen molar-refractivity contribution in [3.8, 4) is 0 Å². The second-order valence-corrected chi connectivity index (χ2v) is 6.14. The van der Waals surface area contributed by atoms with Gasteiger partial charge >= 0.3 is 6.03 Å². The molecule has 1 saturated heterocycles. The Balaban J connectivity index is 1.93. The van der Waals surface area contributed by atoms with E-state index in [1.807, 2.05) is 31.2 Å². The van der Waals surface area contributed by atoms with Crippen molar-refractivity contribution in [3.63, 3.8) is 0 Å². The first kappa shape index (κ1) is 17.3. The van der Waals surface area contributed by atoms with Gasteiger partial charge in [-0.05, 0) is 49.9 Å². The zero-order valence-electron chi connectivity index (χ0n) is 13.6. The molecular weight excluding hydrogens is 292 g/mol. The van der Waals surface area contributed by atoms with Crippen LogP contribution in [-0.4, -0.2) is 31.6 Å². The molecule has 3 amide bonds. The Hall–Kier alpha value is -2.08. The van der Waals surface area contributed by atoms with Gasteiger partial charge in [0.05, 0.1) is 12.5 Å². The molecule has 1 aliphatic rings. The Kier molecular flexibility index (Phi) is 6.40. The van der Waals surface area contributed by atoms with Crippen LogP contribution in [0.2, 0.25) is 0 Å². The van der Waals surface area contributed by atoms with Crippen molar-refractivity contribution in [1.82, 2.24) is 16.0 Å². The fraction of sp³-hybridized carbons (Fsp3) is 0.529. The predicted molar refractivity (Wildman–Crippen MR) is 89.9 cm³/mol. The number of hydrogen-bond acceptors (Lipinski definition) is 3. The SMILES string of the molecule is Cc1ccccc1C(CC(=O)NCC1CCCNC1)NC(N)=O. The number of urea groups is 1. The molecule has 0 saturated carbocycles. The van der Waals surface area contributed by atoms with Gasteiger partial charge in [-0.1, -0.05) is 24.3 Å². The number of aryl methyl sites for hydroxylation is 1. The van der Waals surface area contributed by atoms with E-state index in [0.29, 0.717) is 12.5 Å². The molecule has 5 N–H and O–H groups in total. The summed E-state index contributed by atoms with van der Waals surface area (Å²) < 4.78 is 0. The Labute approximate surface area is 137 Å². The van der Waals surface area contributed by atoms with Crippen molar-refractivity contribution < 1.29 is 9.59 Å². The average molecular weight is 318 g/mol. The molecule has 0 radical (unpaired) electrons. The molecule has 0 aromatic heterocycles. The van der Waals surface area contributed by atoms with Gasteiger partial charge in [0, 0.05) is 6.54 Å². The molecule has 0 spiro atoms. The minimum Gasteiger partial charge on any atom is -0.356 e. The molecule has 1 aromatic carbocycles. The van der Waals surface area contributed by atoms with Gasteiger partial charge in [-0.3, -0.25) is 4.79 Å². The molecule has 6 nitrogen and oxygen atoms in total. The van der Waals surface area contributed by atoms with Crippen molar-refractivity contribution in [2.75, 3.05) is 19.6 Å². The maximum absolute atomic E-state index is 12.2. The monoisotopic (exact) mass is 318 g/mol. The minimum absolute atomic E-state index is 0.0717. The number of nitrogens with two attached hydrogens (primary N) is 1. The molecule has 0 bridgehead atoms. The first-order valence-corrected chi connectivity index (χ1v) is 8.15. The lowest BCUT2D eigenvalue weighted by molar-refractivity contribution is -0.121. The van der Waals surface area contributed by atoms with Crippen LogP contribution in [0.25, 0.3) is 0 Å². The summed E-state index contributed by atoms with van der Waals surface area (Å²) in [6.07, 6.45) is 2.47. The number of rotatable bonds is 6. The predicted octanol–water partition coefficient (Wildman–Crippen LogP) is 1.21. The molecule has 23 heavy (non-hydrogen) atoms. The Bertz CT molecular complexity index is 541. The van der Waals surface area contributed by atoms with Crippen molar-refractivity contribution in [2.45, 2.75) is 32.2 Å². The summed E-state index contributed by atoms with van der Waals surface area (Å²) in [5.74, 6) is 0.409. The highest BCUT2D eigenvalue weighted by Gasteiger charge is 2.20. The zero-order chi connectivity index (χ0) is 16.7. The summed E-state index contributed by atoms with van der Waals surface area (Å²) in [5.41, 5.74) is 7.20. The molecule has 1 fully saturated rings. The van der Waals surface area contributed by atoms with Gasteiger partial charge in [0.25, 0.3) is 0 Å². The van der Waals surface area contributed by atoms with Gasteiger partial charge in [0.15, 0.2) is 0 Å². The van der Waals surface area contributed by atoms with Gasteiger partial charge in [0.2, 0.25) is 5.91 Å². The van der Waals surface area contributed by atoms with Crippen LogP contribution in [0, 0.1) is 12.8 Å². The van der Waals surface area contributed by atoms with Crippen LogP contribution in [0.3, 0.4) is 0 Å². The van der Waals surface area contributed by atoms with E-state index < -0.39 is 12.1 Å². The van der Waals surface area contributed by atoms with Gasteiger partial charge in [0.1, 0.15) is 0 Å². The highest BCUT2D eigenvalue weighted by atomic mass is 16.2. The van der Waals surface area contributed by atoms with E-state index >= 15 is 0 Å². The summed E-state index contributed by atoms with van der Waals surface area (Å²) in [5, 5.41) is 8.98. The number of primary amides is 1. The van der Waals surface area contributed by atoms with E-state index in [0.717, 1.165) is 37.1 Å². The molecule has 126 valence electrons. The summed E-state index contributed by atoms with van der Waals surface area (Å²) in [7, 11) is 0. The average Bonchev–Trinajstić information content (AvgIpc) is 2.53. The third-order valence-corrected chi connectivity index (χ3v) is 4.26. The molecule has 1 aromatic rings. The lowest BCUT2D eigenvalue weighted by Gasteiger charge is -2.24. The standard InChI is InChI=1S/C17H26N4O2/c1-12-5-2-3-7-14(12)15(21-17(18)23)9-16(22)20-11-13-6-4-8-19-10-13/h2-3,5,7,13,15,19H,4,6,8-11H2,1H3,(H,20,22)(H3,18,21,23). The highest BCUT2D eigenvalue weighted by Crippen LogP contribution is 2.20. The number of hydrogen-bond donors (Lipinski definition) is 4. The number of amides is 3. The van der Waals surface area contributed by atoms with E-state index in [-0.39, 0.29) is 12.3 Å². The molecular formula is C17H26N4O2. The number of piperidine rings is 1. The topological polar surface area (TPSA) is 96.2 Å². The van der Waals surface area contributed by atoms with E-state index in [2.05, 4.69) is 16.0 Å². The quantitative estimate of drug-likeness (QED) is 0.635. The lowest BCUT2D eigenvalue weighted by atomic mass is 9.97. The number of carbonyl (C=O) groups is 2. The summed E-state index contributed by atoms with van der Waals surface area (Å²) in [6, 6.07) is 6.66. The number of nitrogens with one attached hydrogen (secondary N) is 3. The Morgan fingerprint density at radius 1 is 1.39 bits per heavy atom. The fourth-order valence-electron chi connectivity index (χ4n) is 3.00. The van der Waals surface area contributed by atoms with Crippen LogP contribution >= 0.6 is 0 Å². The van der Waals surface area contributed by atoms with Crippen molar-refractivity contribution in [2.24, 2.45) is 11.7 Å². The van der Waals surface area contributed by atoms with Gasteiger partial charge in [-0.15, -0.1) is 0 Å². The second-order valence-electron chi connectivity index (χ2n) is 6.14. The van der Waals surface area contributed by atoms with Crippen molar-refractivity contribution >= 4 is 11.9 Å². The first-order valence-electron chi connectivity index (χ1n) is 8.15. The normalized spacial score (nSPS) is 18.9. The molecule has 2 atom stereocenters.